The van der Waals surface area contributed by atoms with E-state index in [2.05, 4.69) is 39.6 Å². The zero-order chi connectivity index (χ0) is 14.7. The van der Waals surface area contributed by atoms with Gasteiger partial charge in [0.05, 0.1) is 6.54 Å². The molecule has 21 heavy (non-hydrogen) atoms. The van der Waals surface area contributed by atoms with Gasteiger partial charge in [0, 0.05) is 43.6 Å². The van der Waals surface area contributed by atoms with E-state index in [-0.39, 0.29) is 5.91 Å². The highest BCUT2D eigenvalue weighted by atomic mass is 16.1. The number of rotatable bonds is 5. The van der Waals surface area contributed by atoms with Gasteiger partial charge in [0.1, 0.15) is 0 Å². The smallest absolute Gasteiger partial charge is 0.238 e. The second-order valence-electron chi connectivity index (χ2n) is 6.04. The number of hydrogen-bond acceptors (Lipinski definition) is 4. The molecule has 1 amide bonds. The van der Waals surface area contributed by atoms with Gasteiger partial charge in [-0.2, -0.15) is 0 Å². The highest BCUT2D eigenvalue weighted by molar-refractivity contribution is 5.92. The number of carbonyl (C=O) groups excluding carboxylic acids is 1. The zero-order valence-electron chi connectivity index (χ0n) is 12.6. The highest BCUT2D eigenvalue weighted by Crippen LogP contribution is 2.20. The fourth-order valence-electron chi connectivity index (χ4n) is 2.55. The van der Waals surface area contributed by atoms with Gasteiger partial charge in [-0.25, -0.2) is 0 Å². The number of anilines is 2. The van der Waals surface area contributed by atoms with Crippen molar-refractivity contribution >= 4 is 17.3 Å². The van der Waals surface area contributed by atoms with Crippen molar-refractivity contribution in [3.8, 4) is 0 Å². The van der Waals surface area contributed by atoms with Crippen LogP contribution in [0, 0.1) is 0 Å². The number of amides is 1. The van der Waals surface area contributed by atoms with Crippen LogP contribution < -0.4 is 15.5 Å². The van der Waals surface area contributed by atoms with Gasteiger partial charge in [0.2, 0.25) is 5.91 Å². The minimum absolute atomic E-state index is 0.0363. The molecule has 1 saturated carbocycles. The highest BCUT2D eigenvalue weighted by Gasteiger charge is 2.21. The first kappa shape index (κ1) is 14.4. The molecule has 0 aromatic heterocycles. The van der Waals surface area contributed by atoms with E-state index in [0.29, 0.717) is 12.6 Å². The van der Waals surface area contributed by atoms with E-state index in [9.17, 15) is 4.79 Å². The summed E-state index contributed by atoms with van der Waals surface area (Å²) in [5, 5.41) is 6.15. The first-order valence-corrected chi connectivity index (χ1v) is 7.77. The average molecular weight is 288 g/mol. The average Bonchev–Trinajstić information content (AvgIpc) is 3.31. The van der Waals surface area contributed by atoms with Crippen LogP contribution in [0.25, 0.3) is 0 Å². The zero-order valence-corrected chi connectivity index (χ0v) is 12.6. The Labute approximate surface area is 126 Å². The van der Waals surface area contributed by atoms with Gasteiger partial charge in [0.15, 0.2) is 0 Å². The summed E-state index contributed by atoms with van der Waals surface area (Å²) in [4.78, 5) is 16.5. The lowest BCUT2D eigenvalue weighted by Crippen LogP contribution is -2.44. The first-order chi connectivity index (χ1) is 10.2. The van der Waals surface area contributed by atoms with Gasteiger partial charge in [-0.1, -0.05) is 0 Å². The molecular weight excluding hydrogens is 264 g/mol. The van der Waals surface area contributed by atoms with Gasteiger partial charge in [0.25, 0.3) is 0 Å². The summed E-state index contributed by atoms with van der Waals surface area (Å²) in [5.74, 6) is 0.0363. The minimum atomic E-state index is 0.0363. The molecular formula is C16H24N4O. The van der Waals surface area contributed by atoms with E-state index < -0.39 is 0 Å². The van der Waals surface area contributed by atoms with Crippen molar-refractivity contribution in [3.63, 3.8) is 0 Å². The SMILES string of the molecule is CN1CCN(c2ccc(NC(=O)CNC3CC3)cc2)CC1. The Morgan fingerprint density at radius 2 is 1.81 bits per heavy atom. The van der Waals surface area contributed by atoms with Crippen LogP contribution in [0.3, 0.4) is 0 Å². The van der Waals surface area contributed by atoms with Gasteiger partial charge in [-0.05, 0) is 44.2 Å². The molecule has 5 heteroatoms. The second kappa shape index (κ2) is 6.45. The van der Waals surface area contributed by atoms with Crippen LogP contribution in [0.1, 0.15) is 12.8 Å². The number of benzene rings is 1. The number of hydrogen-bond donors (Lipinski definition) is 2. The fourth-order valence-corrected chi connectivity index (χ4v) is 2.55. The van der Waals surface area contributed by atoms with Gasteiger partial charge in [-0.3, -0.25) is 4.79 Å². The van der Waals surface area contributed by atoms with Crippen LogP contribution in [-0.2, 0) is 4.79 Å². The molecule has 1 aliphatic carbocycles. The van der Waals surface area contributed by atoms with Gasteiger partial charge >= 0.3 is 0 Å². The summed E-state index contributed by atoms with van der Waals surface area (Å²) < 4.78 is 0. The Kier molecular flexibility index (Phi) is 4.41. The lowest BCUT2D eigenvalue weighted by molar-refractivity contribution is -0.115. The number of nitrogens with zero attached hydrogens (tertiary/aromatic N) is 2. The van der Waals surface area contributed by atoms with Crippen LogP contribution in [0.2, 0.25) is 0 Å². The van der Waals surface area contributed by atoms with Crippen LogP contribution in [0.4, 0.5) is 11.4 Å². The van der Waals surface area contributed by atoms with E-state index in [0.717, 1.165) is 31.9 Å². The summed E-state index contributed by atoms with van der Waals surface area (Å²) in [6.07, 6.45) is 2.40. The van der Waals surface area contributed by atoms with Crippen molar-refractivity contribution in [2.75, 3.05) is 50.0 Å². The molecule has 1 heterocycles. The Hall–Kier alpha value is -1.59. The Morgan fingerprint density at radius 1 is 1.14 bits per heavy atom. The molecule has 2 N–H and O–H groups in total. The molecule has 2 fully saturated rings. The molecule has 0 unspecified atom stereocenters. The molecule has 0 spiro atoms. The van der Waals surface area contributed by atoms with Crippen molar-refractivity contribution < 1.29 is 4.79 Å². The third-order valence-electron chi connectivity index (χ3n) is 4.15. The standard InChI is InChI=1S/C16H24N4O/c1-19-8-10-20(11-9-19)15-6-4-14(5-7-15)18-16(21)12-17-13-2-3-13/h4-7,13,17H,2-3,8-12H2,1H3,(H,18,21). The van der Waals surface area contributed by atoms with Gasteiger partial charge < -0.3 is 20.4 Å². The van der Waals surface area contributed by atoms with E-state index in [1.54, 1.807) is 0 Å². The van der Waals surface area contributed by atoms with Gasteiger partial charge in [-0.15, -0.1) is 0 Å². The monoisotopic (exact) mass is 288 g/mol. The summed E-state index contributed by atoms with van der Waals surface area (Å²) >= 11 is 0. The lowest BCUT2D eigenvalue weighted by Gasteiger charge is -2.34. The minimum Gasteiger partial charge on any atom is -0.369 e. The van der Waals surface area contributed by atoms with Crippen molar-refractivity contribution in [1.82, 2.24) is 10.2 Å². The maximum absolute atomic E-state index is 11.8. The first-order valence-electron chi connectivity index (χ1n) is 7.77. The molecule has 0 atom stereocenters. The molecule has 0 radical (unpaired) electrons. The molecule has 1 aromatic carbocycles. The summed E-state index contributed by atoms with van der Waals surface area (Å²) in [7, 11) is 2.16. The van der Waals surface area contributed by atoms with E-state index >= 15 is 0 Å². The maximum Gasteiger partial charge on any atom is 0.238 e. The normalized spacial score (nSPS) is 19.6. The van der Waals surface area contributed by atoms with Crippen LogP contribution in [0.15, 0.2) is 24.3 Å². The predicted octanol–water partition coefficient (Wildman–Crippen LogP) is 1.13. The van der Waals surface area contributed by atoms with Crippen LogP contribution >= 0.6 is 0 Å². The topological polar surface area (TPSA) is 47.6 Å². The molecule has 1 aromatic rings. The molecule has 1 saturated heterocycles. The number of carbonyl (C=O) groups is 1. The summed E-state index contributed by atoms with van der Waals surface area (Å²) in [6.45, 7) is 4.74. The lowest BCUT2D eigenvalue weighted by atomic mass is 10.2. The van der Waals surface area contributed by atoms with Crippen molar-refractivity contribution in [1.29, 1.82) is 0 Å². The van der Waals surface area contributed by atoms with Crippen LogP contribution in [0.5, 0.6) is 0 Å². The van der Waals surface area contributed by atoms with Crippen molar-refractivity contribution in [2.45, 2.75) is 18.9 Å². The van der Waals surface area contributed by atoms with Crippen LogP contribution in [-0.4, -0.2) is 56.6 Å². The molecule has 2 aliphatic rings. The maximum atomic E-state index is 11.8. The second-order valence-corrected chi connectivity index (χ2v) is 6.04. The number of nitrogens with one attached hydrogen (secondary N) is 2. The third-order valence-corrected chi connectivity index (χ3v) is 4.15. The summed E-state index contributed by atoms with van der Waals surface area (Å²) in [5.41, 5.74) is 2.10. The van der Waals surface area contributed by atoms with E-state index in [1.165, 1.54) is 18.5 Å². The van der Waals surface area contributed by atoms with Crippen molar-refractivity contribution in [3.05, 3.63) is 24.3 Å². The number of likely N-dealkylation sites (N-methyl/N-ethyl adjacent to an activating group) is 1. The molecule has 1 aliphatic heterocycles. The molecule has 3 rings (SSSR count). The Balaban J connectivity index is 1.50. The predicted molar refractivity (Wildman–Crippen MR) is 85.8 cm³/mol. The Morgan fingerprint density at radius 3 is 2.43 bits per heavy atom. The molecule has 5 nitrogen and oxygen atoms in total. The Bertz CT molecular complexity index is 476. The summed E-state index contributed by atoms with van der Waals surface area (Å²) in [6, 6.07) is 8.73. The molecule has 0 bridgehead atoms. The van der Waals surface area contributed by atoms with E-state index in [1.807, 2.05) is 12.1 Å². The number of piperazine rings is 1. The largest absolute Gasteiger partial charge is 0.369 e. The quantitative estimate of drug-likeness (QED) is 0.853. The molecule has 114 valence electrons. The third kappa shape index (κ3) is 4.19. The van der Waals surface area contributed by atoms with E-state index in [4.69, 9.17) is 0 Å². The fraction of sp³-hybridized carbons (Fsp3) is 0.562. The van der Waals surface area contributed by atoms with Crippen molar-refractivity contribution in [2.24, 2.45) is 0 Å².